The van der Waals surface area contributed by atoms with Crippen LogP contribution in [0.3, 0.4) is 0 Å². The van der Waals surface area contributed by atoms with Crippen molar-refractivity contribution in [2.45, 2.75) is 69.8 Å². The Kier molecular flexibility index (Phi) is 12.3. The lowest BCUT2D eigenvalue weighted by molar-refractivity contribution is -0.164. The van der Waals surface area contributed by atoms with E-state index in [2.05, 4.69) is 50.0 Å². The van der Waals surface area contributed by atoms with E-state index in [0.717, 1.165) is 21.5 Å². The van der Waals surface area contributed by atoms with Gasteiger partial charge in [-0.05, 0) is 38.7 Å². The highest BCUT2D eigenvalue weighted by Crippen LogP contribution is 2.39. The Bertz CT molecular complexity index is 1840. The third kappa shape index (κ3) is 9.32. The van der Waals surface area contributed by atoms with Crippen LogP contribution in [0.15, 0.2) is 157 Å². The third-order valence-electron chi connectivity index (χ3n) is 9.18. The standard InChI is InChI=1S/C43H44F3NO5Si/c1-42(2,3)53(35-25-15-7-16-26-35,36-27-17-8-18-28-36)50-31-37-38(48-29-32-19-9-4-10-20-32)39(49-30-33-21-11-5-12-22-33)40(51-37)52-41(43(44,45)46)47-34-23-13-6-14-24-34/h4-28,37-40H,29-31H2,1-3H3/t37-,38-,39-,40+/m1/s1. The summed E-state index contributed by atoms with van der Waals surface area (Å²) in [4.78, 5) is 3.86. The largest absolute Gasteiger partial charge is 0.468 e. The Balaban J connectivity index is 1.39. The van der Waals surface area contributed by atoms with Crippen LogP contribution in [-0.2, 0) is 36.6 Å². The fourth-order valence-electron chi connectivity index (χ4n) is 6.69. The molecule has 276 valence electrons. The summed E-state index contributed by atoms with van der Waals surface area (Å²) in [6.45, 7) is 6.71. The molecule has 0 aromatic heterocycles. The molecule has 1 aliphatic rings. The first-order valence-electron chi connectivity index (χ1n) is 17.6. The smallest absolute Gasteiger partial charge is 0.441 e. The summed E-state index contributed by atoms with van der Waals surface area (Å²) in [5, 5.41) is 1.74. The van der Waals surface area contributed by atoms with Crippen LogP contribution in [0, 0.1) is 0 Å². The molecule has 0 unspecified atom stereocenters. The van der Waals surface area contributed by atoms with Crippen molar-refractivity contribution in [3.05, 3.63) is 163 Å². The molecule has 1 fully saturated rings. The summed E-state index contributed by atoms with van der Waals surface area (Å²) in [7, 11) is -3.08. The zero-order valence-electron chi connectivity index (χ0n) is 30.0. The maximum absolute atomic E-state index is 14.6. The van der Waals surface area contributed by atoms with Crippen LogP contribution in [0.4, 0.5) is 18.9 Å². The number of rotatable bonds is 13. The minimum atomic E-state index is -4.92. The predicted octanol–water partition coefficient (Wildman–Crippen LogP) is 8.77. The Morgan fingerprint density at radius 3 is 1.51 bits per heavy atom. The number of hydrogen-bond donors (Lipinski definition) is 0. The lowest BCUT2D eigenvalue weighted by Crippen LogP contribution is -2.67. The van der Waals surface area contributed by atoms with Crippen molar-refractivity contribution in [1.82, 2.24) is 0 Å². The first-order chi connectivity index (χ1) is 25.5. The van der Waals surface area contributed by atoms with Gasteiger partial charge in [-0.2, -0.15) is 13.2 Å². The molecule has 6 nitrogen and oxygen atoms in total. The minimum absolute atomic E-state index is 0.00499. The molecule has 0 saturated carbocycles. The summed E-state index contributed by atoms with van der Waals surface area (Å²) < 4.78 is 76.2. The number of halogens is 3. The van der Waals surface area contributed by atoms with Gasteiger partial charge >= 0.3 is 6.18 Å². The molecule has 1 saturated heterocycles. The molecule has 0 spiro atoms. The maximum Gasteiger partial charge on any atom is 0.468 e. The van der Waals surface area contributed by atoms with Crippen molar-refractivity contribution in [1.29, 1.82) is 0 Å². The van der Waals surface area contributed by atoms with Crippen LogP contribution >= 0.6 is 0 Å². The fraction of sp³-hybridized carbons (Fsp3) is 0.279. The second-order valence-corrected chi connectivity index (χ2v) is 18.2. The number of para-hydroxylation sites is 1. The van der Waals surface area contributed by atoms with Gasteiger partial charge in [-0.3, -0.25) is 0 Å². The highest BCUT2D eigenvalue weighted by atomic mass is 28.4. The van der Waals surface area contributed by atoms with Gasteiger partial charge in [0, 0.05) is 0 Å². The van der Waals surface area contributed by atoms with Crippen molar-refractivity contribution < 1.29 is 36.5 Å². The second kappa shape index (κ2) is 17.0. The zero-order valence-corrected chi connectivity index (χ0v) is 31.0. The number of hydrogen-bond acceptors (Lipinski definition) is 6. The van der Waals surface area contributed by atoms with Gasteiger partial charge in [-0.25, -0.2) is 4.99 Å². The molecule has 4 atom stereocenters. The Morgan fingerprint density at radius 2 is 1.06 bits per heavy atom. The first-order valence-corrected chi connectivity index (χ1v) is 19.5. The molecular formula is C43H44F3NO5Si. The molecule has 0 aliphatic carbocycles. The molecular weight excluding hydrogens is 696 g/mol. The van der Waals surface area contributed by atoms with E-state index in [4.69, 9.17) is 23.4 Å². The van der Waals surface area contributed by atoms with Gasteiger partial charge in [0.05, 0.1) is 25.5 Å². The van der Waals surface area contributed by atoms with Crippen molar-refractivity contribution >= 4 is 30.3 Å². The Hall–Kier alpha value is -4.58. The average molecular weight is 740 g/mol. The van der Waals surface area contributed by atoms with Crippen LogP contribution < -0.4 is 10.4 Å². The van der Waals surface area contributed by atoms with Gasteiger partial charge in [-0.15, -0.1) is 0 Å². The number of nitrogens with zero attached hydrogens (tertiary/aromatic N) is 1. The van der Waals surface area contributed by atoms with E-state index in [1.165, 1.54) is 12.1 Å². The summed E-state index contributed by atoms with van der Waals surface area (Å²) in [6.07, 6.45) is -9.30. The highest BCUT2D eigenvalue weighted by Gasteiger charge is 2.54. The normalized spacial score (nSPS) is 19.6. The summed E-state index contributed by atoms with van der Waals surface area (Å²) in [6, 6.07) is 47.0. The number of benzene rings is 5. The van der Waals surface area contributed by atoms with Gasteiger partial charge in [-0.1, -0.05) is 160 Å². The topological polar surface area (TPSA) is 58.5 Å². The molecule has 0 amide bonds. The van der Waals surface area contributed by atoms with E-state index in [1.807, 2.05) is 97.1 Å². The van der Waals surface area contributed by atoms with Crippen LogP contribution in [-0.4, -0.2) is 51.6 Å². The molecule has 0 bridgehead atoms. The monoisotopic (exact) mass is 739 g/mol. The number of alkyl halides is 3. The minimum Gasteiger partial charge on any atom is -0.441 e. The van der Waals surface area contributed by atoms with Crippen LogP contribution in [0.1, 0.15) is 31.9 Å². The van der Waals surface area contributed by atoms with E-state index in [-0.39, 0.29) is 30.5 Å². The SMILES string of the molecule is CC(C)(C)[Si](OC[C@H]1O[C@@H](OC(=Nc2ccccc2)C(F)(F)F)[C@H](OCc2ccccc2)[C@@H]1OCc1ccccc1)(c1ccccc1)c1ccccc1. The molecule has 6 rings (SSSR count). The van der Waals surface area contributed by atoms with Gasteiger partial charge in [0.15, 0.2) is 0 Å². The zero-order chi connectivity index (χ0) is 37.3. The van der Waals surface area contributed by atoms with E-state index in [9.17, 15) is 13.2 Å². The molecule has 0 N–H and O–H groups in total. The number of aliphatic imine (C=N–C) groups is 1. The number of ether oxygens (including phenoxy) is 4. The lowest BCUT2D eigenvalue weighted by atomic mass is 10.1. The molecule has 0 radical (unpaired) electrons. The van der Waals surface area contributed by atoms with Crippen LogP contribution in [0.5, 0.6) is 0 Å². The third-order valence-corrected chi connectivity index (χ3v) is 14.2. The van der Waals surface area contributed by atoms with Gasteiger partial charge in [0.1, 0.15) is 18.3 Å². The Labute approximate surface area is 310 Å². The Morgan fingerprint density at radius 1 is 0.623 bits per heavy atom. The van der Waals surface area contributed by atoms with E-state index < -0.39 is 45.0 Å². The second-order valence-electron chi connectivity index (χ2n) is 13.9. The average Bonchev–Trinajstić information content (AvgIpc) is 3.49. The predicted molar refractivity (Wildman–Crippen MR) is 203 cm³/mol. The van der Waals surface area contributed by atoms with E-state index in [0.29, 0.717) is 0 Å². The highest BCUT2D eigenvalue weighted by molar-refractivity contribution is 6.99. The van der Waals surface area contributed by atoms with E-state index >= 15 is 0 Å². The molecule has 5 aromatic carbocycles. The quantitative estimate of drug-likeness (QED) is 0.0687. The van der Waals surface area contributed by atoms with Crippen LogP contribution in [0.25, 0.3) is 0 Å². The molecule has 53 heavy (non-hydrogen) atoms. The lowest BCUT2D eigenvalue weighted by Gasteiger charge is -2.43. The van der Waals surface area contributed by atoms with Gasteiger partial charge in [0.2, 0.25) is 6.29 Å². The molecule has 1 aliphatic heterocycles. The molecule has 10 heteroatoms. The summed E-state index contributed by atoms with van der Waals surface area (Å²) in [5.41, 5.74) is 1.80. The van der Waals surface area contributed by atoms with Crippen molar-refractivity contribution in [3.8, 4) is 0 Å². The van der Waals surface area contributed by atoms with E-state index in [1.54, 1.807) is 18.2 Å². The van der Waals surface area contributed by atoms with Crippen molar-refractivity contribution in [2.24, 2.45) is 4.99 Å². The summed E-state index contributed by atoms with van der Waals surface area (Å²) >= 11 is 0. The van der Waals surface area contributed by atoms with Crippen molar-refractivity contribution in [2.75, 3.05) is 6.61 Å². The molecule has 5 aromatic rings. The van der Waals surface area contributed by atoms with Gasteiger partial charge < -0.3 is 23.4 Å². The summed E-state index contributed by atoms with van der Waals surface area (Å²) in [5.74, 6) is -1.45. The molecule has 1 heterocycles. The van der Waals surface area contributed by atoms with Crippen LogP contribution in [0.2, 0.25) is 5.04 Å². The van der Waals surface area contributed by atoms with Crippen molar-refractivity contribution in [3.63, 3.8) is 0 Å². The first kappa shape index (κ1) is 38.2. The van der Waals surface area contributed by atoms with Gasteiger partial charge in [0.25, 0.3) is 14.2 Å². The fourth-order valence-corrected chi connectivity index (χ4v) is 11.3. The maximum atomic E-state index is 14.6.